The Morgan fingerprint density at radius 3 is 1.90 bits per heavy atom. The molecule has 0 aromatic carbocycles. The van der Waals surface area contributed by atoms with Gasteiger partial charge in [-0.2, -0.15) is 0 Å². The Labute approximate surface area is 122 Å². The van der Waals surface area contributed by atoms with Crippen LogP contribution in [0.3, 0.4) is 0 Å². The fraction of sp³-hybridized carbons (Fsp3) is 0.692. The first-order chi connectivity index (χ1) is 9.41. The molecule has 6 nitrogen and oxygen atoms in total. The number of ketones is 1. The lowest BCUT2D eigenvalue weighted by Crippen LogP contribution is -2.42. The molecule has 7 heteroatoms. The Bertz CT molecular complexity index is 280. The number of Topliss-reactive ketones (excluding diaryl/α,β-unsaturated/α-hetero) is 1. The van der Waals surface area contributed by atoms with Crippen molar-refractivity contribution in [1.82, 2.24) is 0 Å². The predicted molar refractivity (Wildman–Crippen MR) is 78.3 cm³/mol. The van der Waals surface area contributed by atoms with Gasteiger partial charge in [-0.25, -0.2) is 4.79 Å². The number of hydrogen-bond donors (Lipinski definition) is 0. The van der Waals surface area contributed by atoms with Crippen LogP contribution in [0.15, 0.2) is 12.7 Å². The normalized spacial score (nSPS) is 10.2. The van der Waals surface area contributed by atoms with Gasteiger partial charge in [0.25, 0.3) is 0 Å². The highest BCUT2D eigenvalue weighted by Crippen LogP contribution is 2.14. The van der Waals surface area contributed by atoms with Crippen molar-refractivity contribution in [2.24, 2.45) is 0 Å². The highest BCUT2D eigenvalue weighted by Gasteiger charge is 2.36. The fourth-order valence-corrected chi connectivity index (χ4v) is 2.77. The third-order valence-electron chi connectivity index (χ3n) is 2.47. The lowest BCUT2D eigenvalue weighted by molar-refractivity contribution is -0.137. The molecule has 0 aromatic heterocycles. The zero-order valence-electron chi connectivity index (χ0n) is 13.1. The van der Waals surface area contributed by atoms with Crippen LogP contribution in [0.25, 0.3) is 0 Å². The van der Waals surface area contributed by atoms with Crippen molar-refractivity contribution in [3.8, 4) is 0 Å². The highest BCUT2D eigenvalue weighted by atomic mass is 28.4. The average molecular weight is 306 g/mol. The number of rotatable bonds is 9. The second-order valence-electron chi connectivity index (χ2n) is 3.83. The summed E-state index contributed by atoms with van der Waals surface area (Å²) in [5.41, 5.74) is 0. The summed E-state index contributed by atoms with van der Waals surface area (Å²) in [4.78, 5) is 20.5. The van der Waals surface area contributed by atoms with Crippen LogP contribution in [-0.4, -0.2) is 48.5 Å². The molecule has 0 aliphatic rings. The van der Waals surface area contributed by atoms with E-state index in [-0.39, 0.29) is 5.78 Å². The monoisotopic (exact) mass is 306 g/mol. The molecule has 0 saturated heterocycles. The Morgan fingerprint density at radius 2 is 1.60 bits per heavy atom. The van der Waals surface area contributed by atoms with Gasteiger partial charge in [-0.1, -0.05) is 13.5 Å². The number of ether oxygens (including phenoxy) is 1. The van der Waals surface area contributed by atoms with Crippen molar-refractivity contribution in [2.75, 3.05) is 27.9 Å². The summed E-state index contributed by atoms with van der Waals surface area (Å²) in [5.74, 6) is -0.167. The van der Waals surface area contributed by atoms with Gasteiger partial charge in [0.1, 0.15) is 5.78 Å². The number of esters is 1. The van der Waals surface area contributed by atoms with Gasteiger partial charge in [0.2, 0.25) is 0 Å². The summed E-state index contributed by atoms with van der Waals surface area (Å²) in [6, 6.07) is 0.612. The smallest absolute Gasteiger partial charge is 0.463 e. The number of carbonyl (C=O) groups is 2. The summed E-state index contributed by atoms with van der Waals surface area (Å²) in [6.07, 6.45) is 2.44. The van der Waals surface area contributed by atoms with Gasteiger partial charge in [0.05, 0.1) is 6.61 Å². The molecular weight excluding hydrogens is 280 g/mol. The van der Waals surface area contributed by atoms with Crippen LogP contribution in [0, 0.1) is 0 Å². The Morgan fingerprint density at radius 1 is 1.15 bits per heavy atom. The van der Waals surface area contributed by atoms with Crippen molar-refractivity contribution in [1.29, 1.82) is 0 Å². The van der Waals surface area contributed by atoms with Crippen molar-refractivity contribution >= 4 is 20.6 Å². The van der Waals surface area contributed by atoms with E-state index in [4.69, 9.17) is 18.0 Å². The van der Waals surface area contributed by atoms with E-state index in [1.54, 1.807) is 28.3 Å². The van der Waals surface area contributed by atoms with E-state index in [0.717, 1.165) is 6.08 Å². The lowest BCUT2D eigenvalue weighted by Gasteiger charge is -2.23. The minimum atomic E-state index is -2.52. The molecule has 0 saturated carbocycles. The van der Waals surface area contributed by atoms with E-state index in [1.807, 2.05) is 6.92 Å². The minimum Gasteiger partial charge on any atom is -0.463 e. The van der Waals surface area contributed by atoms with Crippen molar-refractivity contribution in [3.63, 3.8) is 0 Å². The molecule has 0 fully saturated rings. The molecule has 0 aliphatic heterocycles. The van der Waals surface area contributed by atoms with E-state index in [1.165, 1.54) is 0 Å². The van der Waals surface area contributed by atoms with Crippen molar-refractivity contribution < 1.29 is 27.6 Å². The summed E-state index contributed by atoms with van der Waals surface area (Å²) in [6.45, 7) is 7.04. The summed E-state index contributed by atoms with van der Waals surface area (Å²) >= 11 is 0. The first-order valence-corrected chi connectivity index (χ1v) is 8.28. The fourth-order valence-electron chi connectivity index (χ4n) is 1.08. The van der Waals surface area contributed by atoms with E-state index in [9.17, 15) is 9.59 Å². The van der Waals surface area contributed by atoms with Crippen LogP contribution in [0.1, 0.15) is 26.7 Å². The van der Waals surface area contributed by atoms with Gasteiger partial charge in [-0.3, -0.25) is 0 Å². The van der Waals surface area contributed by atoms with Crippen LogP contribution in [0.2, 0.25) is 6.04 Å². The largest absolute Gasteiger partial charge is 0.500 e. The van der Waals surface area contributed by atoms with E-state index in [2.05, 4.69) is 6.58 Å². The topological polar surface area (TPSA) is 71.1 Å². The van der Waals surface area contributed by atoms with Crippen molar-refractivity contribution in [2.45, 2.75) is 32.7 Å². The first kappa shape index (κ1) is 21.3. The lowest BCUT2D eigenvalue weighted by atomic mass is 10.4. The van der Waals surface area contributed by atoms with Gasteiger partial charge in [-0.15, -0.1) is 0 Å². The summed E-state index contributed by atoms with van der Waals surface area (Å²) in [7, 11) is 2.13. The Hall–Kier alpha value is -1.02. The molecule has 0 rings (SSSR count). The van der Waals surface area contributed by atoms with Gasteiger partial charge < -0.3 is 22.8 Å². The Kier molecular flexibility index (Phi) is 13.8. The summed E-state index contributed by atoms with van der Waals surface area (Å²) < 4.78 is 20.4. The van der Waals surface area contributed by atoms with Crippen LogP contribution in [-0.2, 0) is 27.6 Å². The van der Waals surface area contributed by atoms with E-state index < -0.39 is 14.8 Å². The predicted octanol–water partition coefficient (Wildman–Crippen LogP) is 1.97. The molecule has 0 bridgehead atoms. The zero-order chi connectivity index (χ0) is 16.0. The second-order valence-corrected chi connectivity index (χ2v) is 6.92. The molecule has 0 radical (unpaired) electrons. The molecule has 0 spiro atoms. The van der Waals surface area contributed by atoms with Gasteiger partial charge in [0, 0.05) is 39.9 Å². The Balaban J connectivity index is 0. The molecule has 118 valence electrons. The molecule has 0 aromatic rings. The molecule has 0 heterocycles. The molecule has 0 amide bonds. The van der Waals surface area contributed by atoms with Crippen LogP contribution in [0.4, 0.5) is 0 Å². The minimum absolute atomic E-state index is 0.255. The molecular formula is C13H26O6Si. The molecule has 0 N–H and O–H groups in total. The van der Waals surface area contributed by atoms with E-state index in [0.29, 0.717) is 25.5 Å². The number of carbonyl (C=O) groups excluding carboxylic acids is 2. The summed E-state index contributed by atoms with van der Waals surface area (Å²) in [5, 5.41) is 0. The maximum Gasteiger partial charge on any atom is 0.500 e. The molecule has 0 atom stereocenters. The van der Waals surface area contributed by atoms with Gasteiger partial charge >= 0.3 is 14.8 Å². The molecule has 0 aliphatic carbocycles. The van der Waals surface area contributed by atoms with Crippen LogP contribution >= 0.6 is 0 Å². The first-order valence-electron chi connectivity index (χ1n) is 6.35. The molecule has 0 unspecified atom stereocenters. The number of hydrogen-bond acceptors (Lipinski definition) is 6. The average Bonchev–Trinajstić information content (AvgIpc) is 2.48. The van der Waals surface area contributed by atoms with Gasteiger partial charge in [-0.05, 0) is 13.3 Å². The quantitative estimate of drug-likeness (QED) is 0.281. The third kappa shape index (κ3) is 10.9. The SMILES string of the molecule is C=CC(=O)OCCC[Si](OC)(OC)OC.CCC(C)=O. The van der Waals surface area contributed by atoms with Crippen LogP contribution < -0.4 is 0 Å². The maximum atomic E-state index is 10.7. The molecule has 20 heavy (non-hydrogen) atoms. The maximum absolute atomic E-state index is 10.7. The van der Waals surface area contributed by atoms with Crippen LogP contribution in [0.5, 0.6) is 0 Å². The second kappa shape index (κ2) is 13.0. The van der Waals surface area contributed by atoms with Gasteiger partial charge in [0.15, 0.2) is 0 Å². The van der Waals surface area contributed by atoms with Crippen molar-refractivity contribution in [3.05, 3.63) is 12.7 Å². The highest BCUT2D eigenvalue weighted by molar-refractivity contribution is 6.60. The zero-order valence-corrected chi connectivity index (χ0v) is 14.1. The van der Waals surface area contributed by atoms with E-state index >= 15 is 0 Å². The standard InChI is InChI=1S/C9H18O5Si.C4H8O/c1-5-9(10)14-7-6-8-15(11-2,12-3)13-4;1-3-4(2)5/h5H,1,6-8H2,2-4H3;3H2,1-2H3. The third-order valence-corrected chi connectivity index (χ3v) is 5.30.